The molecule has 1 fully saturated rings. The maximum Gasteiger partial charge on any atom is 0.280 e. The van der Waals surface area contributed by atoms with Crippen molar-refractivity contribution < 1.29 is 8.42 Å². The molecule has 0 amide bonds. The maximum absolute atomic E-state index is 12.0. The quantitative estimate of drug-likeness (QED) is 0.716. The van der Waals surface area contributed by atoms with E-state index in [0.29, 0.717) is 6.54 Å². The topological polar surface area (TPSA) is 61.4 Å². The first kappa shape index (κ1) is 12.9. The zero-order chi connectivity index (χ0) is 11.7. The van der Waals surface area contributed by atoms with Crippen molar-refractivity contribution in [1.29, 1.82) is 0 Å². The molecular weight excluding hydrogens is 214 g/mol. The molecule has 0 saturated carbocycles. The Kier molecular flexibility index (Phi) is 3.76. The van der Waals surface area contributed by atoms with E-state index in [2.05, 4.69) is 10.0 Å². The Labute approximate surface area is 92.4 Å². The van der Waals surface area contributed by atoms with Crippen LogP contribution in [0, 0.1) is 0 Å². The number of rotatable bonds is 4. The van der Waals surface area contributed by atoms with E-state index in [1.54, 1.807) is 0 Å². The number of nitrogens with one attached hydrogen (secondary N) is 2. The average molecular weight is 235 g/mol. The molecule has 0 spiro atoms. The summed E-state index contributed by atoms with van der Waals surface area (Å²) in [4.78, 5) is 0. The summed E-state index contributed by atoms with van der Waals surface area (Å²) in [5.74, 6) is 0. The van der Waals surface area contributed by atoms with Crippen LogP contribution in [0.4, 0.5) is 0 Å². The number of likely N-dealkylation sites (N-methyl/N-ethyl adjacent to an activating group) is 1. The van der Waals surface area contributed by atoms with Gasteiger partial charge in [0.05, 0.1) is 6.04 Å². The van der Waals surface area contributed by atoms with Crippen molar-refractivity contribution in [1.82, 2.24) is 14.3 Å². The molecule has 5 nitrogen and oxygen atoms in total. The highest BCUT2D eigenvalue weighted by atomic mass is 32.2. The Morgan fingerprint density at radius 1 is 1.40 bits per heavy atom. The van der Waals surface area contributed by atoms with Gasteiger partial charge in [0.15, 0.2) is 0 Å². The van der Waals surface area contributed by atoms with Crippen LogP contribution in [0.1, 0.15) is 27.7 Å². The molecule has 0 unspecified atom stereocenters. The van der Waals surface area contributed by atoms with Crippen LogP contribution in [-0.2, 0) is 10.2 Å². The molecule has 0 aliphatic carbocycles. The second kappa shape index (κ2) is 4.37. The van der Waals surface area contributed by atoms with Gasteiger partial charge in [0.2, 0.25) is 0 Å². The van der Waals surface area contributed by atoms with Crippen molar-refractivity contribution in [3.8, 4) is 0 Å². The van der Waals surface area contributed by atoms with E-state index in [-0.39, 0.29) is 6.04 Å². The van der Waals surface area contributed by atoms with Gasteiger partial charge in [-0.15, -0.1) is 0 Å². The zero-order valence-corrected chi connectivity index (χ0v) is 10.7. The van der Waals surface area contributed by atoms with Gasteiger partial charge in [-0.05, 0) is 20.8 Å². The monoisotopic (exact) mass is 235 g/mol. The standard InChI is InChI=1S/C9H21N3O2S/c1-5-12(8-6-10-7-8)15(13,14)11-9(2,3)4/h8,10-11H,5-7H2,1-4H3. The third-order valence-electron chi connectivity index (χ3n) is 2.22. The lowest BCUT2D eigenvalue weighted by molar-refractivity contribution is 0.243. The van der Waals surface area contributed by atoms with Crippen molar-refractivity contribution in [2.45, 2.75) is 39.3 Å². The summed E-state index contributed by atoms with van der Waals surface area (Å²) in [6.07, 6.45) is 0. The normalized spacial score (nSPS) is 19.3. The summed E-state index contributed by atoms with van der Waals surface area (Å²) < 4.78 is 28.2. The Morgan fingerprint density at radius 3 is 2.20 bits per heavy atom. The number of hydrogen-bond donors (Lipinski definition) is 2. The van der Waals surface area contributed by atoms with Crippen LogP contribution in [0.3, 0.4) is 0 Å². The van der Waals surface area contributed by atoms with Gasteiger partial charge in [0.25, 0.3) is 10.2 Å². The fourth-order valence-electron chi connectivity index (χ4n) is 1.55. The van der Waals surface area contributed by atoms with Gasteiger partial charge < -0.3 is 5.32 Å². The lowest BCUT2D eigenvalue weighted by Crippen LogP contribution is -2.62. The van der Waals surface area contributed by atoms with Crippen LogP contribution in [0.2, 0.25) is 0 Å². The highest BCUT2D eigenvalue weighted by Crippen LogP contribution is 2.12. The van der Waals surface area contributed by atoms with Crippen LogP contribution < -0.4 is 10.0 Å². The summed E-state index contributed by atoms with van der Waals surface area (Å²) in [7, 11) is -3.35. The van der Waals surface area contributed by atoms with E-state index in [9.17, 15) is 8.42 Å². The van der Waals surface area contributed by atoms with Crippen LogP contribution in [0.15, 0.2) is 0 Å². The SMILES string of the molecule is CCN(C1CNC1)S(=O)(=O)NC(C)(C)C. The first-order valence-electron chi connectivity index (χ1n) is 5.28. The first-order valence-corrected chi connectivity index (χ1v) is 6.72. The molecule has 0 atom stereocenters. The van der Waals surface area contributed by atoms with E-state index in [4.69, 9.17) is 0 Å². The molecule has 15 heavy (non-hydrogen) atoms. The molecule has 0 radical (unpaired) electrons. The van der Waals surface area contributed by atoms with E-state index >= 15 is 0 Å². The van der Waals surface area contributed by atoms with Crippen LogP contribution >= 0.6 is 0 Å². The molecule has 0 bridgehead atoms. The maximum atomic E-state index is 12.0. The molecule has 1 aliphatic rings. The summed E-state index contributed by atoms with van der Waals surface area (Å²) in [5.41, 5.74) is -0.427. The second-order valence-corrected chi connectivity index (χ2v) is 6.50. The molecule has 6 heteroatoms. The highest BCUT2D eigenvalue weighted by Gasteiger charge is 2.34. The van der Waals surface area contributed by atoms with E-state index in [1.807, 2.05) is 27.7 Å². The minimum absolute atomic E-state index is 0.106. The lowest BCUT2D eigenvalue weighted by Gasteiger charge is -2.38. The number of nitrogens with zero attached hydrogens (tertiary/aromatic N) is 1. The number of hydrogen-bond acceptors (Lipinski definition) is 3. The van der Waals surface area contributed by atoms with Crippen molar-refractivity contribution in [2.24, 2.45) is 0 Å². The highest BCUT2D eigenvalue weighted by molar-refractivity contribution is 7.87. The molecular formula is C9H21N3O2S. The van der Waals surface area contributed by atoms with Crippen LogP contribution in [0.5, 0.6) is 0 Å². The minimum Gasteiger partial charge on any atom is -0.313 e. The zero-order valence-electron chi connectivity index (χ0n) is 9.87. The minimum atomic E-state index is -3.35. The summed E-state index contributed by atoms with van der Waals surface area (Å²) in [5, 5.41) is 3.08. The Morgan fingerprint density at radius 2 is 1.93 bits per heavy atom. The summed E-state index contributed by atoms with van der Waals surface area (Å²) in [6, 6.07) is 0.106. The van der Waals surface area contributed by atoms with Crippen LogP contribution in [-0.4, -0.2) is 43.9 Å². The molecule has 1 rings (SSSR count). The van der Waals surface area contributed by atoms with E-state index in [0.717, 1.165) is 13.1 Å². The first-order chi connectivity index (χ1) is 6.76. The molecule has 0 aromatic carbocycles. The van der Waals surface area contributed by atoms with Crippen LogP contribution in [0.25, 0.3) is 0 Å². The Balaban J connectivity index is 2.73. The molecule has 2 N–H and O–H groups in total. The second-order valence-electron chi connectivity index (χ2n) is 4.87. The summed E-state index contributed by atoms with van der Waals surface area (Å²) >= 11 is 0. The predicted octanol–water partition coefficient (Wildman–Crippen LogP) is -0.0870. The van der Waals surface area contributed by atoms with Crippen molar-refractivity contribution in [2.75, 3.05) is 19.6 Å². The van der Waals surface area contributed by atoms with Gasteiger partial charge in [-0.2, -0.15) is 17.4 Å². The van der Waals surface area contributed by atoms with Gasteiger partial charge in [0.1, 0.15) is 0 Å². The van der Waals surface area contributed by atoms with Crippen molar-refractivity contribution in [3.63, 3.8) is 0 Å². The van der Waals surface area contributed by atoms with Crippen molar-refractivity contribution >= 4 is 10.2 Å². The fraction of sp³-hybridized carbons (Fsp3) is 1.00. The van der Waals surface area contributed by atoms with Crippen molar-refractivity contribution in [3.05, 3.63) is 0 Å². The predicted molar refractivity (Wildman–Crippen MR) is 60.8 cm³/mol. The lowest BCUT2D eigenvalue weighted by atomic mass is 10.1. The molecule has 0 aromatic rings. The smallest absolute Gasteiger partial charge is 0.280 e. The van der Waals surface area contributed by atoms with Gasteiger partial charge >= 0.3 is 0 Å². The van der Waals surface area contributed by atoms with Gasteiger partial charge in [-0.25, -0.2) is 0 Å². The van der Waals surface area contributed by atoms with Gasteiger partial charge in [0, 0.05) is 25.2 Å². The molecule has 1 aliphatic heterocycles. The average Bonchev–Trinajstić information content (AvgIpc) is 1.90. The van der Waals surface area contributed by atoms with E-state index < -0.39 is 15.7 Å². The van der Waals surface area contributed by atoms with Gasteiger partial charge in [-0.1, -0.05) is 6.92 Å². The Hall–Kier alpha value is -0.170. The van der Waals surface area contributed by atoms with Gasteiger partial charge in [-0.3, -0.25) is 0 Å². The molecule has 1 saturated heterocycles. The fourth-order valence-corrected chi connectivity index (χ4v) is 3.32. The third-order valence-corrected chi connectivity index (χ3v) is 4.27. The summed E-state index contributed by atoms with van der Waals surface area (Å²) in [6.45, 7) is 9.40. The third kappa shape index (κ3) is 3.41. The Bertz CT molecular complexity index is 304. The largest absolute Gasteiger partial charge is 0.313 e. The van der Waals surface area contributed by atoms with E-state index in [1.165, 1.54) is 4.31 Å². The molecule has 1 heterocycles. The molecule has 0 aromatic heterocycles. The molecule has 90 valence electrons.